The summed E-state index contributed by atoms with van der Waals surface area (Å²) in [6.07, 6.45) is 5.77. The lowest BCUT2D eigenvalue weighted by molar-refractivity contribution is -0.119. The van der Waals surface area contributed by atoms with Crippen molar-refractivity contribution in [2.24, 2.45) is 7.05 Å². The summed E-state index contributed by atoms with van der Waals surface area (Å²) in [5.41, 5.74) is 3.97. The molecule has 10 heteroatoms. The quantitative estimate of drug-likeness (QED) is 0.255. The molecule has 0 radical (unpaired) electrons. The standard InChI is InChI=1S/C32H34F2N4O3S/c1-21-7-12-26(13-8-21)42(40,41)36-30-6-4-5-23-9-11-25(19-27(23)30)38(20-31-35-15-16-37(31)3)32(39)17-22(2)24-10-14-28(33)29(34)18-24/h7-16,18-19,22,30,36H,4-6,17,20H2,1-3H3/t22-,30-/m0/s1. The lowest BCUT2D eigenvalue weighted by Gasteiger charge is -2.30. The number of aryl methyl sites for hydroxylation is 3. The monoisotopic (exact) mass is 592 g/mol. The number of aromatic nitrogens is 2. The topological polar surface area (TPSA) is 84.3 Å². The van der Waals surface area contributed by atoms with Crippen molar-refractivity contribution >= 4 is 21.6 Å². The fourth-order valence-corrected chi connectivity index (χ4v) is 6.62. The molecule has 1 amide bonds. The van der Waals surface area contributed by atoms with Crippen LogP contribution in [0.2, 0.25) is 0 Å². The predicted molar refractivity (Wildman–Crippen MR) is 157 cm³/mol. The van der Waals surface area contributed by atoms with Crippen LogP contribution in [0.1, 0.15) is 66.2 Å². The molecular formula is C32H34F2N4O3S. The second kappa shape index (κ2) is 12.1. The molecule has 0 unspecified atom stereocenters. The van der Waals surface area contributed by atoms with Gasteiger partial charge in [-0.1, -0.05) is 36.8 Å². The lowest BCUT2D eigenvalue weighted by atomic mass is 9.87. The normalized spacial score (nSPS) is 15.7. The summed E-state index contributed by atoms with van der Waals surface area (Å²) in [6.45, 7) is 3.89. The second-order valence-corrected chi connectivity index (χ2v) is 12.7. The van der Waals surface area contributed by atoms with Gasteiger partial charge in [-0.3, -0.25) is 4.79 Å². The van der Waals surface area contributed by atoms with E-state index in [9.17, 15) is 22.0 Å². The van der Waals surface area contributed by atoms with Crippen molar-refractivity contribution in [1.29, 1.82) is 0 Å². The van der Waals surface area contributed by atoms with Crippen LogP contribution in [0.5, 0.6) is 0 Å². The Balaban J connectivity index is 1.46. The third-order valence-electron chi connectivity index (χ3n) is 7.90. The Labute approximate surface area is 245 Å². The van der Waals surface area contributed by atoms with Gasteiger partial charge in [0.2, 0.25) is 15.9 Å². The molecule has 0 fully saturated rings. The Morgan fingerprint density at radius 2 is 1.86 bits per heavy atom. The molecule has 0 saturated heterocycles. The maximum atomic E-state index is 13.9. The van der Waals surface area contributed by atoms with Crippen LogP contribution < -0.4 is 9.62 Å². The zero-order valence-electron chi connectivity index (χ0n) is 23.8. The molecule has 42 heavy (non-hydrogen) atoms. The minimum absolute atomic E-state index is 0.0516. The molecule has 7 nitrogen and oxygen atoms in total. The zero-order chi connectivity index (χ0) is 30.0. The summed E-state index contributed by atoms with van der Waals surface area (Å²) in [5.74, 6) is -1.81. The third-order valence-corrected chi connectivity index (χ3v) is 9.39. The molecule has 0 saturated carbocycles. The van der Waals surface area contributed by atoms with E-state index in [2.05, 4.69) is 9.71 Å². The SMILES string of the molecule is Cc1ccc(S(=O)(=O)N[C@H]2CCCc3ccc(N(Cc4nccn4C)C(=O)C[C@H](C)c4ccc(F)c(F)c4)cc32)cc1. The van der Waals surface area contributed by atoms with E-state index >= 15 is 0 Å². The summed E-state index contributed by atoms with van der Waals surface area (Å²) in [7, 11) is -1.92. The van der Waals surface area contributed by atoms with E-state index in [1.54, 1.807) is 48.5 Å². The molecule has 1 aromatic heterocycles. The van der Waals surface area contributed by atoms with E-state index in [-0.39, 0.29) is 29.7 Å². The number of rotatable bonds is 9. The van der Waals surface area contributed by atoms with E-state index < -0.39 is 27.7 Å². The van der Waals surface area contributed by atoms with Gasteiger partial charge in [0.15, 0.2) is 11.6 Å². The number of hydrogen-bond donors (Lipinski definition) is 1. The van der Waals surface area contributed by atoms with Gasteiger partial charge in [0.05, 0.1) is 11.4 Å². The highest BCUT2D eigenvalue weighted by Gasteiger charge is 2.28. The molecule has 5 rings (SSSR count). The van der Waals surface area contributed by atoms with Crippen LogP contribution >= 0.6 is 0 Å². The summed E-state index contributed by atoms with van der Waals surface area (Å²) >= 11 is 0. The number of carbonyl (C=O) groups is 1. The molecule has 1 N–H and O–H groups in total. The van der Waals surface area contributed by atoms with E-state index in [0.717, 1.165) is 41.7 Å². The first kappa shape index (κ1) is 29.6. The van der Waals surface area contributed by atoms with Gasteiger partial charge in [-0.15, -0.1) is 0 Å². The molecule has 1 heterocycles. The van der Waals surface area contributed by atoms with Gasteiger partial charge in [0.25, 0.3) is 0 Å². The van der Waals surface area contributed by atoms with Crippen LogP contribution in [0.15, 0.2) is 78.0 Å². The van der Waals surface area contributed by atoms with Gasteiger partial charge in [-0.2, -0.15) is 0 Å². The van der Waals surface area contributed by atoms with Crippen LogP contribution in [0.4, 0.5) is 14.5 Å². The Bertz CT molecular complexity index is 1700. The number of amides is 1. The van der Waals surface area contributed by atoms with E-state index in [1.165, 1.54) is 6.07 Å². The Kier molecular flexibility index (Phi) is 8.56. The number of anilines is 1. The molecule has 2 atom stereocenters. The molecule has 0 spiro atoms. The molecule has 220 valence electrons. The Hall–Kier alpha value is -3.89. The van der Waals surface area contributed by atoms with Crippen LogP contribution in [-0.2, 0) is 34.8 Å². The number of halogens is 2. The largest absolute Gasteiger partial charge is 0.337 e. The van der Waals surface area contributed by atoms with Crippen LogP contribution in [0.3, 0.4) is 0 Å². The molecule has 0 aliphatic heterocycles. The summed E-state index contributed by atoms with van der Waals surface area (Å²) in [6, 6.07) is 15.7. The first-order valence-corrected chi connectivity index (χ1v) is 15.4. The van der Waals surface area contributed by atoms with Crippen molar-refractivity contribution in [2.45, 2.75) is 62.9 Å². The van der Waals surface area contributed by atoms with Crippen molar-refractivity contribution in [3.05, 3.63) is 113 Å². The minimum Gasteiger partial charge on any atom is -0.337 e. The first-order valence-electron chi connectivity index (χ1n) is 13.9. The fourth-order valence-electron chi connectivity index (χ4n) is 5.37. The van der Waals surface area contributed by atoms with Gasteiger partial charge in [0, 0.05) is 37.6 Å². The number of carbonyl (C=O) groups excluding carboxylic acids is 1. The number of benzene rings is 3. The minimum atomic E-state index is -3.77. The smallest absolute Gasteiger partial charge is 0.241 e. The average molecular weight is 593 g/mol. The molecule has 3 aromatic carbocycles. The van der Waals surface area contributed by atoms with E-state index in [4.69, 9.17) is 0 Å². The second-order valence-electron chi connectivity index (χ2n) is 11.0. The van der Waals surface area contributed by atoms with Crippen molar-refractivity contribution in [3.63, 3.8) is 0 Å². The van der Waals surface area contributed by atoms with E-state index in [0.29, 0.717) is 23.5 Å². The average Bonchev–Trinajstić information content (AvgIpc) is 3.37. The highest BCUT2D eigenvalue weighted by atomic mass is 32.2. The van der Waals surface area contributed by atoms with Gasteiger partial charge >= 0.3 is 0 Å². The number of nitrogens with zero attached hydrogens (tertiary/aromatic N) is 3. The van der Waals surface area contributed by atoms with Crippen molar-refractivity contribution in [2.75, 3.05) is 4.90 Å². The lowest BCUT2D eigenvalue weighted by Crippen LogP contribution is -2.34. The van der Waals surface area contributed by atoms with Crippen molar-refractivity contribution < 1.29 is 22.0 Å². The summed E-state index contributed by atoms with van der Waals surface area (Å²) < 4.78 is 58.7. The number of sulfonamides is 1. The maximum absolute atomic E-state index is 13.9. The van der Waals surface area contributed by atoms with Crippen molar-refractivity contribution in [3.8, 4) is 0 Å². The zero-order valence-corrected chi connectivity index (χ0v) is 24.7. The maximum Gasteiger partial charge on any atom is 0.241 e. The summed E-state index contributed by atoms with van der Waals surface area (Å²) in [5, 5.41) is 0. The highest BCUT2D eigenvalue weighted by molar-refractivity contribution is 7.89. The fraction of sp³-hybridized carbons (Fsp3) is 0.312. The van der Waals surface area contributed by atoms with Gasteiger partial charge < -0.3 is 9.47 Å². The molecule has 1 aliphatic rings. The first-order chi connectivity index (χ1) is 20.0. The molecule has 0 bridgehead atoms. The Morgan fingerprint density at radius 1 is 1.10 bits per heavy atom. The number of imidazole rings is 1. The van der Waals surface area contributed by atoms with Crippen LogP contribution in [-0.4, -0.2) is 23.9 Å². The van der Waals surface area contributed by atoms with E-state index in [1.807, 2.05) is 36.7 Å². The summed E-state index contributed by atoms with van der Waals surface area (Å²) in [4.78, 5) is 20.0. The van der Waals surface area contributed by atoms with Gasteiger partial charge in [-0.25, -0.2) is 26.9 Å². The molecule has 4 aromatic rings. The molecule has 1 aliphatic carbocycles. The number of fused-ring (bicyclic) bond motifs is 1. The van der Waals surface area contributed by atoms with Crippen LogP contribution in [0, 0.1) is 18.6 Å². The highest BCUT2D eigenvalue weighted by Crippen LogP contribution is 2.35. The van der Waals surface area contributed by atoms with Gasteiger partial charge in [0.1, 0.15) is 5.82 Å². The Morgan fingerprint density at radius 3 is 2.55 bits per heavy atom. The van der Waals surface area contributed by atoms with Crippen molar-refractivity contribution in [1.82, 2.24) is 14.3 Å². The van der Waals surface area contributed by atoms with Gasteiger partial charge in [-0.05, 0) is 85.2 Å². The third kappa shape index (κ3) is 6.44. The predicted octanol–water partition coefficient (Wildman–Crippen LogP) is 6.09. The molecular weight excluding hydrogens is 558 g/mol. The number of hydrogen-bond acceptors (Lipinski definition) is 4. The number of nitrogens with one attached hydrogen (secondary N) is 1. The van der Waals surface area contributed by atoms with Crippen LogP contribution in [0.25, 0.3) is 0 Å².